The van der Waals surface area contributed by atoms with Gasteiger partial charge in [-0.25, -0.2) is 4.79 Å². The first-order valence-electron chi connectivity index (χ1n) is 10.2. The van der Waals surface area contributed by atoms with Crippen molar-refractivity contribution < 1.29 is 23.6 Å². The van der Waals surface area contributed by atoms with E-state index in [0.29, 0.717) is 34.7 Å². The molecule has 1 amide bonds. The second kappa shape index (κ2) is 11.3. The Morgan fingerprint density at radius 3 is 2.53 bits per heavy atom. The summed E-state index contributed by atoms with van der Waals surface area (Å²) >= 11 is 1.43. The fourth-order valence-electron chi connectivity index (χ4n) is 2.88. The molecule has 1 heterocycles. The van der Waals surface area contributed by atoms with E-state index in [-0.39, 0.29) is 18.3 Å². The summed E-state index contributed by atoms with van der Waals surface area (Å²) in [6.45, 7) is 3.40. The van der Waals surface area contributed by atoms with Crippen LogP contribution in [-0.4, -0.2) is 29.4 Å². The summed E-state index contributed by atoms with van der Waals surface area (Å²) in [5.74, 6) is 0.256. The number of amides is 1. The molecule has 0 spiro atoms. The number of ketones is 1. The second-order valence-corrected chi connectivity index (χ2v) is 8.11. The molecule has 0 aliphatic carbocycles. The van der Waals surface area contributed by atoms with E-state index in [9.17, 15) is 14.4 Å². The molecule has 0 unspecified atom stereocenters. The number of Topliss-reactive ketones (excluding diaryl/α,β-unsaturated/α-hetero) is 1. The predicted octanol–water partition coefficient (Wildman–Crippen LogP) is 5.05. The lowest BCUT2D eigenvalue weighted by atomic mass is 10.1. The van der Waals surface area contributed by atoms with E-state index >= 15 is 0 Å². The molecule has 2 aromatic carbocycles. The van der Waals surface area contributed by atoms with Crippen LogP contribution in [0.15, 0.2) is 64.0 Å². The lowest BCUT2D eigenvalue weighted by Crippen LogP contribution is -2.15. The lowest BCUT2D eigenvalue weighted by molar-refractivity contribution is -0.116. The van der Waals surface area contributed by atoms with Crippen LogP contribution >= 0.6 is 11.8 Å². The molecule has 0 bridgehead atoms. The molecule has 8 heteroatoms. The third-order valence-corrected chi connectivity index (χ3v) is 5.55. The largest absolute Gasteiger partial charge is 0.454 e. The van der Waals surface area contributed by atoms with Crippen LogP contribution in [0, 0.1) is 6.92 Å². The standard InChI is InChI=1S/C24H24N2O5S/c1-3-6-23(28)25-18-11-9-17(10-12-18)21(27)14-30-24(29)20-7-4-5-8-22(20)32-15-19-13-16(2)26-31-19/h4-5,7-13H,3,6,14-15H2,1-2H3,(H,25,28). The van der Waals surface area contributed by atoms with Crippen LogP contribution in [0.2, 0.25) is 0 Å². The Balaban J connectivity index is 1.56. The summed E-state index contributed by atoms with van der Waals surface area (Å²) in [5.41, 5.74) is 2.19. The van der Waals surface area contributed by atoms with E-state index in [1.54, 1.807) is 36.4 Å². The first-order chi connectivity index (χ1) is 15.5. The normalized spacial score (nSPS) is 10.6. The van der Waals surface area contributed by atoms with Crippen LogP contribution in [0.4, 0.5) is 5.69 Å². The van der Waals surface area contributed by atoms with E-state index in [0.717, 1.165) is 17.0 Å². The summed E-state index contributed by atoms with van der Waals surface area (Å²) in [7, 11) is 0. The number of carbonyl (C=O) groups is 3. The van der Waals surface area contributed by atoms with Crippen LogP contribution in [0.25, 0.3) is 0 Å². The fourth-order valence-corrected chi connectivity index (χ4v) is 3.79. The third kappa shape index (κ3) is 6.55. The molecule has 0 aliphatic heterocycles. The van der Waals surface area contributed by atoms with Gasteiger partial charge in [0.15, 0.2) is 12.4 Å². The Labute approximate surface area is 190 Å². The molecule has 0 saturated heterocycles. The number of benzene rings is 2. The molecule has 3 rings (SSSR count). The first kappa shape index (κ1) is 23.3. The Kier molecular flexibility index (Phi) is 8.21. The van der Waals surface area contributed by atoms with Gasteiger partial charge in [-0.2, -0.15) is 0 Å². The molecule has 7 nitrogen and oxygen atoms in total. The van der Waals surface area contributed by atoms with Crippen molar-refractivity contribution in [3.63, 3.8) is 0 Å². The molecule has 0 atom stereocenters. The molecule has 1 aromatic heterocycles. The fraction of sp³-hybridized carbons (Fsp3) is 0.250. The molecule has 0 radical (unpaired) electrons. The van der Waals surface area contributed by atoms with Gasteiger partial charge in [0.2, 0.25) is 5.91 Å². The molecule has 166 valence electrons. The zero-order valence-electron chi connectivity index (χ0n) is 17.9. The minimum atomic E-state index is -0.571. The van der Waals surface area contributed by atoms with Crippen molar-refractivity contribution in [1.82, 2.24) is 5.16 Å². The Hall–Kier alpha value is -3.39. The topological polar surface area (TPSA) is 98.5 Å². The molecule has 32 heavy (non-hydrogen) atoms. The molecule has 0 aliphatic rings. The van der Waals surface area contributed by atoms with E-state index in [1.165, 1.54) is 11.8 Å². The highest BCUT2D eigenvalue weighted by Crippen LogP contribution is 2.27. The minimum Gasteiger partial charge on any atom is -0.454 e. The van der Waals surface area contributed by atoms with Crippen LogP contribution in [0.3, 0.4) is 0 Å². The Bertz CT molecular complexity index is 1090. The number of hydrogen-bond acceptors (Lipinski definition) is 7. The van der Waals surface area contributed by atoms with Crippen LogP contribution < -0.4 is 5.32 Å². The Morgan fingerprint density at radius 2 is 1.84 bits per heavy atom. The number of aromatic nitrogens is 1. The predicted molar refractivity (Wildman–Crippen MR) is 122 cm³/mol. The summed E-state index contributed by atoms with van der Waals surface area (Å²) in [6.07, 6.45) is 1.20. The maximum absolute atomic E-state index is 12.6. The molecule has 1 N–H and O–H groups in total. The third-order valence-electron chi connectivity index (χ3n) is 4.46. The number of rotatable bonds is 10. The van der Waals surface area contributed by atoms with Crippen molar-refractivity contribution >= 4 is 35.1 Å². The number of esters is 1. The number of hydrogen-bond donors (Lipinski definition) is 1. The van der Waals surface area contributed by atoms with Gasteiger partial charge in [0.05, 0.1) is 17.0 Å². The maximum atomic E-state index is 12.6. The number of aryl methyl sites for hydroxylation is 1. The van der Waals surface area contributed by atoms with Gasteiger partial charge in [-0.3, -0.25) is 9.59 Å². The smallest absolute Gasteiger partial charge is 0.339 e. The average molecular weight is 453 g/mol. The SMILES string of the molecule is CCCC(=O)Nc1ccc(C(=O)COC(=O)c2ccccc2SCc2cc(C)no2)cc1. The summed E-state index contributed by atoms with van der Waals surface area (Å²) in [5, 5.41) is 6.62. The zero-order chi connectivity index (χ0) is 22.9. The van der Waals surface area contributed by atoms with Gasteiger partial charge in [0.1, 0.15) is 5.76 Å². The molecule has 3 aromatic rings. The van der Waals surface area contributed by atoms with Gasteiger partial charge in [-0.1, -0.05) is 24.2 Å². The van der Waals surface area contributed by atoms with Crippen molar-refractivity contribution in [3.05, 3.63) is 77.2 Å². The summed E-state index contributed by atoms with van der Waals surface area (Å²) < 4.78 is 10.5. The highest BCUT2D eigenvalue weighted by Gasteiger charge is 2.16. The number of nitrogens with one attached hydrogen (secondary N) is 1. The number of anilines is 1. The van der Waals surface area contributed by atoms with E-state index in [2.05, 4.69) is 10.5 Å². The van der Waals surface area contributed by atoms with E-state index in [4.69, 9.17) is 9.26 Å². The highest BCUT2D eigenvalue weighted by atomic mass is 32.2. The average Bonchev–Trinajstić information content (AvgIpc) is 3.21. The lowest BCUT2D eigenvalue weighted by Gasteiger charge is -2.09. The highest BCUT2D eigenvalue weighted by molar-refractivity contribution is 7.98. The van der Waals surface area contributed by atoms with Crippen LogP contribution in [-0.2, 0) is 15.3 Å². The van der Waals surface area contributed by atoms with Crippen LogP contribution in [0.1, 0.15) is 51.9 Å². The van der Waals surface area contributed by atoms with Crippen molar-refractivity contribution in [1.29, 1.82) is 0 Å². The van der Waals surface area contributed by atoms with Gasteiger partial charge >= 0.3 is 5.97 Å². The first-order valence-corrected chi connectivity index (χ1v) is 11.2. The van der Waals surface area contributed by atoms with Gasteiger partial charge in [0.25, 0.3) is 0 Å². The maximum Gasteiger partial charge on any atom is 0.339 e. The summed E-state index contributed by atoms with van der Waals surface area (Å²) in [4.78, 5) is 37.4. The van der Waals surface area contributed by atoms with Crippen molar-refractivity contribution in [2.45, 2.75) is 37.3 Å². The van der Waals surface area contributed by atoms with Gasteiger partial charge in [-0.05, 0) is 49.7 Å². The van der Waals surface area contributed by atoms with Crippen molar-refractivity contribution in [2.75, 3.05) is 11.9 Å². The minimum absolute atomic E-state index is 0.0736. The number of nitrogens with zero attached hydrogens (tertiary/aromatic N) is 1. The van der Waals surface area contributed by atoms with E-state index < -0.39 is 5.97 Å². The Morgan fingerprint density at radius 1 is 1.09 bits per heavy atom. The van der Waals surface area contributed by atoms with Crippen LogP contribution in [0.5, 0.6) is 0 Å². The van der Waals surface area contributed by atoms with E-state index in [1.807, 2.05) is 32.0 Å². The molecule has 0 fully saturated rings. The number of ether oxygens (including phenoxy) is 1. The number of carbonyl (C=O) groups excluding carboxylic acids is 3. The van der Waals surface area contributed by atoms with Crippen molar-refractivity contribution in [3.8, 4) is 0 Å². The monoisotopic (exact) mass is 452 g/mol. The van der Waals surface area contributed by atoms with Gasteiger partial charge in [-0.15, -0.1) is 11.8 Å². The molecular weight excluding hydrogens is 428 g/mol. The number of thioether (sulfide) groups is 1. The molecule has 0 saturated carbocycles. The van der Waals surface area contributed by atoms with Gasteiger partial charge < -0.3 is 14.6 Å². The second-order valence-electron chi connectivity index (χ2n) is 7.09. The quantitative estimate of drug-likeness (QED) is 0.261. The molecular formula is C24H24N2O5S. The zero-order valence-corrected chi connectivity index (χ0v) is 18.7. The summed E-state index contributed by atoms with van der Waals surface area (Å²) in [6, 6.07) is 15.4. The van der Waals surface area contributed by atoms with Gasteiger partial charge in [0, 0.05) is 28.6 Å². The van der Waals surface area contributed by atoms with Crippen molar-refractivity contribution in [2.24, 2.45) is 0 Å².